The van der Waals surface area contributed by atoms with Gasteiger partial charge in [0.05, 0.1) is 25.4 Å². The van der Waals surface area contributed by atoms with Crippen LogP contribution in [0.5, 0.6) is 0 Å². The van der Waals surface area contributed by atoms with Crippen LogP contribution in [0.1, 0.15) is 12.8 Å². The average molecular weight is 271 g/mol. The van der Waals surface area contributed by atoms with Crippen LogP contribution in [-0.4, -0.2) is 25.0 Å². The van der Waals surface area contributed by atoms with Crippen LogP contribution < -0.4 is 10.7 Å². The second-order valence-corrected chi connectivity index (χ2v) is 5.87. The van der Waals surface area contributed by atoms with Gasteiger partial charge < -0.3 is 9.47 Å². The summed E-state index contributed by atoms with van der Waals surface area (Å²) in [4.78, 5) is 3.02. The van der Waals surface area contributed by atoms with E-state index >= 15 is 0 Å². The lowest BCUT2D eigenvalue weighted by Gasteiger charge is -2.52. The molecule has 2 bridgehead atoms. The highest BCUT2D eigenvalue weighted by Gasteiger charge is 2.84. The van der Waals surface area contributed by atoms with Crippen molar-refractivity contribution in [3.63, 3.8) is 0 Å². The quantitative estimate of drug-likeness (QED) is 0.536. The van der Waals surface area contributed by atoms with Crippen molar-refractivity contribution in [2.24, 2.45) is 28.4 Å². The summed E-state index contributed by atoms with van der Waals surface area (Å²) in [5.74, 6) is -1.14. The molecule has 0 aromatic carbocycles. The number of rotatable bonds is 0. The minimum absolute atomic E-state index is 0.0724. The number of allylic oxidation sites excluding steroid dienone is 2. The van der Waals surface area contributed by atoms with Crippen molar-refractivity contribution < 1.29 is 14.5 Å². The second kappa shape index (κ2) is 3.41. The fourth-order valence-corrected chi connectivity index (χ4v) is 4.60. The predicted molar refractivity (Wildman–Crippen MR) is 66.2 cm³/mol. The number of nitrogens with two attached hydrogens (primary N) is 1. The molecule has 1 spiro atoms. The van der Waals surface area contributed by atoms with E-state index in [1.165, 1.54) is 0 Å². The first-order valence-corrected chi connectivity index (χ1v) is 6.87. The van der Waals surface area contributed by atoms with Gasteiger partial charge in [0.15, 0.2) is 10.8 Å². The average Bonchev–Trinajstić information content (AvgIpc) is 3.04. The van der Waals surface area contributed by atoms with Crippen LogP contribution in [0.4, 0.5) is 0 Å². The summed E-state index contributed by atoms with van der Waals surface area (Å²) in [5.41, 5.74) is 3.98. The first kappa shape index (κ1) is 11.9. The Kier molecular flexibility index (Phi) is 2.03. The van der Waals surface area contributed by atoms with Gasteiger partial charge in [-0.1, -0.05) is 12.2 Å². The Morgan fingerprint density at radius 3 is 2.35 bits per heavy atom. The third-order valence-electron chi connectivity index (χ3n) is 5.39. The molecule has 0 aromatic heterocycles. The smallest absolute Gasteiger partial charge is 0.311 e. The molecule has 1 saturated heterocycles. The molecule has 5 aliphatic rings. The normalized spacial score (nSPS) is 46.8. The SMILES string of the molecule is N#C[C@@]12[C@H]3C=C[C@@H](CC3)[C@@]1(C#N)C(N)=[NH+]C21OCCO1. The lowest BCUT2D eigenvalue weighted by atomic mass is 9.45. The van der Waals surface area contributed by atoms with Crippen LogP contribution >= 0.6 is 0 Å². The van der Waals surface area contributed by atoms with Crippen LogP contribution in [0, 0.1) is 45.3 Å². The number of nitriles is 2. The first-order chi connectivity index (χ1) is 9.67. The monoisotopic (exact) mass is 271 g/mol. The number of fused-ring (bicyclic) bond motifs is 1. The Bertz CT molecular complexity index is 622. The Morgan fingerprint density at radius 1 is 1.15 bits per heavy atom. The van der Waals surface area contributed by atoms with Gasteiger partial charge in [0.25, 0.3) is 5.84 Å². The topological polar surface area (TPSA) is 106 Å². The van der Waals surface area contributed by atoms with Crippen molar-refractivity contribution in [1.29, 1.82) is 10.5 Å². The summed E-state index contributed by atoms with van der Waals surface area (Å²) in [6.07, 6.45) is 5.76. The van der Waals surface area contributed by atoms with E-state index in [0.29, 0.717) is 19.0 Å². The highest BCUT2D eigenvalue weighted by Crippen LogP contribution is 2.65. The van der Waals surface area contributed by atoms with Gasteiger partial charge in [0.1, 0.15) is 0 Å². The van der Waals surface area contributed by atoms with Gasteiger partial charge in [-0.15, -0.1) is 0 Å². The molecule has 0 aromatic rings. The highest BCUT2D eigenvalue weighted by molar-refractivity contribution is 5.89. The van der Waals surface area contributed by atoms with Crippen molar-refractivity contribution in [3.05, 3.63) is 12.2 Å². The third kappa shape index (κ3) is 0.895. The molecule has 3 N–H and O–H groups in total. The summed E-state index contributed by atoms with van der Waals surface area (Å²) >= 11 is 0. The summed E-state index contributed by atoms with van der Waals surface area (Å²) in [7, 11) is 0. The van der Waals surface area contributed by atoms with Crippen molar-refractivity contribution in [2.45, 2.75) is 18.8 Å². The van der Waals surface area contributed by atoms with Crippen molar-refractivity contribution in [1.82, 2.24) is 0 Å². The number of amidine groups is 1. The Hall–Kier alpha value is -1.89. The summed E-state index contributed by atoms with van der Waals surface area (Å²) < 4.78 is 11.5. The predicted octanol–water partition coefficient (Wildman–Crippen LogP) is -1.25. The zero-order valence-electron chi connectivity index (χ0n) is 10.9. The van der Waals surface area contributed by atoms with Gasteiger partial charge in [-0.2, -0.15) is 10.5 Å². The molecule has 2 heterocycles. The van der Waals surface area contributed by atoms with Crippen molar-refractivity contribution in [2.75, 3.05) is 13.2 Å². The summed E-state index contributed by atoms with van der Waals surface area (Å²) in [6.45, 7) is 0.790. The van der Waals surface area contributed by atoms with Crippen molar-refractivity contribution in [3.8, 4) is 12.1 Å². The van der Waals surface area contributed by atoms with Crippen LogP contribution in [0.15, 0.2) is 12.2 Å². The minimum atomic E-state index is -1.28. The number of hydrogen-bond acceptors (Lipinski definition) is 5. The Balaban J connectivity index is 2.05. The second-order valence-electron chi connectivity index (χ2n) is 5.87. The number of hydrogen-bond donors (Lipinski definition) is 2. The van der Waals surface area contributed by atoms with Gasteiger partial charge in [0, 0.05) is 11.8 Å². The number of ether oxygens (including phenoxy) is 2. The van der Waals surface area contributed by atoms with Crippen LogP contribution in [0.3, 0.4) is 0 Å². The maximum Gasteiger partial charge on any atom is 0.343 e. The molecule has 2 aliphatic heterocycles. The molecule has 0 radical (unpaired) electrons. The summed E-state index contributed by atoms with van der Waals surface area (Å²) in [5, 5.41) is 19.9. The maximum atomic E-state index is 10.0. The Labute approximate surface area is 116 Å². The van der Waals surface area contributed by atoms with E-state index in [1.807, 2.05) is 12.2 Å². The molecule has 1 saturated carbocycles. The number of nitrogens with zero attached hydrogens (tertiary/aromatic N) is 2. The molecule has 20 heavy (non-hydrogen) atoms. The molecule has 3 aliphatic carbocycles. The van der Waals surface area contributed by atoms with Gasteiger partial charge in [-0.3, -0.25) is 5.73 Å². The molecule has 5 rings (SSSR count). The minimum Gasteiger partial charge on any atom is -0.311 e. The molecule has 102 valence electrons. The fraction of sp³-hybridized carbons (Fsp3) is 0.643. The molecule has 4 atom stereocenters. The van der Waals surface area contributed by atoms with Gasteiger partial charge in [-0.05, 0) is 12.8 Å². The molecule has 6 nitrogen and oxygen atoms in total. The number of nitrogens with one attached hydrogen (secondary N) is 1. The van der Waals surface area contributed by atoms with Crippen LogP contribution in [0.2, 0.25) is 0 Å². The van der Waals surface area contributed by atoms with E-state index in [-0.39, 0.29) is 11.8 Å². The molecule has 0 unspecified atom stereocenters. The molecular formula is C14H15N4O2+. The molecule has 2 fully saturated rings. The van der Waals surface area contributed by atoms with E-state index in [0.717, 1.165) is 12.8 Å². The molecule has 6 heteroatoms. The highest BCUT2D eigenvalue weighted by atomic mass is 16.8. The van der Waals surface area contributed by atoms with Crippen molar-refractivity contribution >= 4 is 5.84 Å². The van der Waals surface area contributed by atoms with Crippen LogP contribution in [-0.2, 0) is 9.47 Å². The molecule has 0 amide bonds. The van der Waals surface area contributed by atoms with E-state index < -0.39 is 16.7 Å². The summed E-state index contributed by atoms with van der Waals surface area (Å²) in [6, 6.07) is 4.72. The van der Waals surface area contributed by atoms with Gasteiger partial charge in [0.2, 0.25) is 0 Å². The van der Waals surface area contributed by atoms with E-state index in [9.17, 15) is 10.5 Å². The Morgan fingerprint density at radius 2 is 1.80 bits per heavy atom. The van der Waals surface area contributed by atoms with E-state index in [1.54, 1.807) is 0 Å². The zero-order valence-corrected chi connectivity index (χ0v) is 10.9. The van der Waals surface area contributed by atoms with Crippen LogP contribution in [0.25, 0.3) is 0 Å². The third-order valence-corrected chi connectivity index (χ3v) is 5.39. The maximum absolute atomic E-state index is 10.0. The lowest BCUT2D eigenvalue weighted by Crippen LogP contribution is -2.89. The van der Waals surface area contributed by atoms with Gasteiger partial charge in [-0.25, -0.2) is 4.99 Å². The fourth-order valence-electron chi connectivity index (χ4n) is 4.60. The largest absolute Gasteiger partial charge is 0.343 e. The van der Waals surface area contributed by atoms with E-state index in [4.69, 9.17) is 15.2 Å². The van der Waals surface area contributed by atoms with Gasteiger partial charge >= 0.3 is 5.91 Å². The lowest BCUT2D eigenvalue weighted by molar-refractivity contribution is -0.681. The molecular weight excluding hydrogens is 256 g/mol. The first-order valence-electron chi connectivity index (χ1n) is 6.87. The van der Waals surface area contributed by atoms with E-state index in [2.05, 4.69) is 17.1 Å². The zero-order chi connectivity index (χ0) is 14.0. The standard InChI is InChI=1S/C14H14N4O2/c15-7-12-9-1-3-10(4-2-9)13(12,8-16)14(18-11(12)17)19-5-6-20-14/h1,3,9-10H,2,4-6H2,(H2,17,18)/p+1/t9-,10-,12-,13+/m0/s1.